The summed E-state index contributed by atoms with van der Waals surface area (Å²) in [5, 5.41) is 15.0. The van der Waals surface area contributed by atoms with E-state index in [9.17, 15) is 23.1 Å². The molecule has 0 spiro atoms. The first-order valence-corrected chi connectivity index (χ1v) is 7.26. The van der Waals surface area contributed by atoms with E-state index in [1.54, 1.807) is 24.3 Å². The van der Waals surface area contributed by atoms with Crippen LogP contribution in [-0.2, 0) is 11.3 Å². The Balaban J connectivity index is 2.04. The molecule has 0 aliphatic rings. The first-order chi connectivity index (χ1) is 11.4. The Hall–Kier alpha value is -2.38. The van der Waals surface area contributed by atoms with Crippen LogP contribution in [0.1, 0.15) is 24.1 Å². The van der Waals surface area contributed by atoms with Crippen LogP contribution in [0.15, 0.2) is 36.4 Å². The molecular formula is C17H17F3N2O2. The summed E-state index contributed by atoms with van der Waals surface area (Å²) in [5.41, 5.74) is 1.60. The molecule has 0 bridgehead atoms. The molecule has 1 amide bonds. The van der Waals surface area contributed by atoms with Gasteiger partial charge in [0.1, 0.15) is 0 Å². The summed E-state index contributed by atoms with van der Waals surface area (Å²) in [6, 6.07) is 7.91. The van der Waals surface area contributed by atoms with Crippen LogP contribution >= 0.6 is 0 Å². The second-order valence-corrected chi connectivity index (χ2v) is 5.29. The normalized spacial score (nSPS) is 12.0. The molecule has 0 saturated carbocycles. The average molecular weight is 338 g/mol. The molecule has 2 aromatic rings. The van der Waals surface area contributed by atoms with Crippen LogP contribution < -0.4 is 10.6 Å². The van der Waals surface area contributed by atoms with Crippen LogP contribution in [0.4, 0.5) is 18.9 Å². The first kappa shape index (κ1) is 18.0. The Bertz CT molecular complexity index is 697. The monoisotopic (exact) mass is 338 g/mol. The van der Waals surface area contributed by atoms with Crippen molar-refractivity contribution in [2.24, 2.45) is 0 Å². The molecule has 0 radical (unpaired) electrons. The third-order valence-corrected chi connectivity index (χ3v) is 3.42. The van der Waals surface area contributed by atoms with Gasteiger partial charge in [-0.05, 0) is 35.4 Å². The van der Waals surface area contributed by atoms with E-state index < -0.39 is 30.1 Å². The lowest BCUT2D eigenvalue weighted by molar-refractivity contribution is -0.114. The van der Waals surface area contributed by atoms with Crippen LogP contribution in [0.5, 0.6) is 0 Å². The second kappa shape index (κ2) is 7.94. The summed E-state index contributed by atoms with van der Waals surface area (Å²) in [5.74, 6) is -4.32. The van der Waals surface area contributed by atoms with Crippen molar-refractivity contribution in [2.75, 3.05) is 11.9 Å². The Morgan fingerprint density at radius 1 is 1.12 bits per heavy atom. The molecule has 24 heavy (non-hydrogen) atoms. The van der Waals surface area contributed by atoms with E-state index in [1.807, 2.05) is 0 Å². The van der Waals surface area contributed by atoms with E-state index in [4.69, 9.17) is 0 Å². The minimum absolute atomic E-state index is 0.115. The maximum Gasteiger partial charge on any atom is 0.221 e. The molecule has 0 fully saturated rings. The molecule has 0 heterocycles. The molecule has 7 heteroatoms. The number of carbonyl (C=O) groups is 1. The van der Waals surface area contributed by atoms with Crippen molar-refractivity contribution >= 4 is 11.6 Å². The van der Waals surface area contributed by atoms with Gasteiger partial charge in [0.25, 0.3) is 0 Å². The summed E-state index contributed by atoms with van der Waals surface area (Å²) in [7, 11) is 0. The molecule has 1 unspecified atom stereocenters. The zero-order valence-electron chi connectivity index (χ0n) is 12.9. The Morgan fingerprint density at radius 2 is 1.71 bits per heavy atom. The fraction of sp³-hybridized carbons (Fsp3) is 0.235. The maximum absolute atomic E-state index is 13.3. The second-order valence-electron chi connectivity index (χ2n) is 5.29. The van der Waals surface area contributed by atoms with E-state index in [-0.39, 0.29) is 11.5 Å². The zero-order valence-corrected chi connectivity index (χ0v) is 12.9. The molecule has 0 saturated heterocycles. The fourth-order valence-electron chi connectivity index (χ4n) is 2.21. The third kappa shape index (κ3) is 4.56. The number of amides is 1. The highest BCUT2D eigenvalue weighted by Gasteiger charge is 2.16. The predicted octanol–water partition coefficient (Wildman–Crippen LogP) is 2.89. The maximum atomic E-state index is 13.3. The van der Waals surface area contributed by atoms with Crippen LogP contribution in [0.2, 0.25) is 0 Å². The van der Waals surface area contributed by atoms with Crippen molar-refractivity contribution in [1.29, 1.82) is 0 Å². The summed E-state index contributed by atoms with van der Waals surface area (Å²) in [4.78, 5) is 10.9. The summed E-state index contributed by atoms with van der Waals surface area (Å²) >= 11 is 0. The molecule has 128 valence electrons. The number of benzene rings is 2. The highest BCUT2D eigenvalue weighted by Crippen LogP contribution is 2.20. The number of rotatable bonds is 6. The predicted molar refractivity (Wildman–Crippen MR) is 83.7 cm³/mol. The molecular weight excluding hydrogens is 321 g/mol. The van der Waals surface area contributed by atoms with Gasteiger partial charge < -0.3 is 15.7 Å². The van der Waals surface area contributed by atoms with E-state index in [2.05, 4.69) is 10.6 Å². The Morgan fingerprint density at radius 3 is 2.21 bits per heavy atom. The number of aliphatic hydroxyl groups is 1. The van der Waals surface area contributed by atoms with Gasteiger partial charge in [0.2, 0.25) is 5.91 Å². The molecule has 0 aliphatic heterocycles. The van der Waals surface area contributed by atoms with Crippen molar-refractivity contribution in [3.63, 3.8) is 0 Å². The lowest BCUT2D eigenvalue weighted by atomic mass is 10.1. The van der Waals surface area contributed by atoms with Gasteiger partial charge in [-0.25, -0.2) is 13.2 Å². The van der Waals surface area contributed by atoms with Gasteiger partial charge >= 0.3 is 0 Å². The molecule has 2 aromatic carbocycles. The van der Waals surface area contributed by atoms with Gasteiger partial charge in [-0.2, -0.15) is 0 Å². The lowest BCUT2D eigenvalue weighted by Crippen LogP contribution is -2.24. The molecule has 0 aromatic heterocycles. The van der Waals surface area contributed by atoms with Gasteiger partial charge in [0, 0.05) is 19.2 Å². The smallest absolute Gasteiger partial charge is 0.221 e. The lowest BCUT2D eigenvalue weighted by Gasteiger charge is -2.17. The topological polar surface area (TPSA) is 61.4 Å². The average Bonchev–Trinajstić information content (AvgIpc) is 2.54. The number of hydrogen-bond donors (Lipinski definition) is 3. The van der Waals surface area contributed by atoms with E-state index >= 15 is 0 Å². The molecule has 0 aliphatic carbocycles. The number of nitrogens with one attached hydrogen (secondary N) is 2. The number of aliphatic hydroxyl groups excluding tert-OH is 1. The number of halogens is 3. The number of carbonyl (C=O) groups excluding carboxylic acids is 1. The minimum atomic E-state index is -1.54. The van der Waals surface area contributed by atoms with Crippen LogP contribution in [-0.4, -0.2) is 17.6 Å². The minimum Gasteiger partial charge on any atom is -0.394 e. The quantitative estimate of drug-likeness (QED) is 0.710. The Kier molecular flexibility index (Phi) is 5.94. The summed E-state index contributed by atoms with van der Waals surface area (Å²) in [6.07, 6.45) is 0. The van der Waals surface area contributed by atoms with Gasteiger partial charge in [-0.1, -0.05) is 12.1 Å². The summed E-state index contributed by atoms with van der Waals surface area (Å²) in [6.45, 7) is 1.31. The Labute approximate surface area is 137 Å². The van der Waals surface area contributed by atoms with Crippen molar-refractivity contribution < 1.29 is 23.1 Å². The number of hydrogen-bond acceptors (Lipinski definition) is 3. The first-order valence-electron chi connectivity index (χ1n) is 7.26. The highest BCUT2D eigenvalue weighted by molar-refractivity contribution is 5.88. The van der Waals surface area contributed by atoms with Crippen LogP contribution in [0.3, 0.4) is 0 Å². The van der Waals surface area contributed by atoms with Crippen molar-refractivity contribution in [1.82, 2.24) is 5.32 Å². The van der Waals surface area contributed by atoms with Gasteiger partial charge in [0.15, 0.2) is 17.5 Å². The third-order valence-electron chi connectivity index (χ3n) is 3.42. The van der Waals surface area contributed by atoms with Gasteiger partial charge in [0.05, 0.1) is 12.6 Å². The van der Waals surface area contributed by atoms with Crippen molar-refractivity contribution in [3.8, 4) is 0 Å². The fourth-order valence-corrected chi connectivity index (χ4v) is 2.21. The van der Waals surface area contributed by atoms with Gasteiger partial charge in [-0.3, -0.25) is 4.79 Å². The molecule has 1 atom stereocenters. The van der Waals surface area contributed by atoms with Gasteiger partial charge in [-0.15, -0.1) is 0 Å². The highest BCUT2D eigenvalue weighted by atomic mass is 19.2. The van der Waals surface area contributed by atoms with Crippen LogP contribution in [0, 0.1) is 17.5 Å². The molecule has 2 rings (SSSR count). The largest absolute Gasteiger partial charge is 0.394 e. The number of anilines is 1. The van der Waals surface area contributed by atoms with Crippen molar-refractivity contribution in [2.45, 2.75) is 19.5 Å². The summed E-state index contributed by atoms with van der Waals surface area (Å²) < 4.78 is 39.6. The van der Waals surface area contributed by atoms with Crippen LogP contribution in [0.25, 0.3) is 0 Å². The molecule has 4 nitrogen and oxygen atoms in total. The van der Waals surface area contributed by atoms with E-state index in [1.165, 1.54) is 6.92 Å². The van der Waals surface area contributed by atoms with E-state index in [0.29, 0.717) is 12.2 Å². The van der Waals surface area contributed by atoms with Crippen molar-refractivity contribution in [3.05, 3.63) is 65.0 Å². The standard InChI is InChI=1S/C17H17F3N2O2/c1-10(24)22-13-4-2-11(3-5-13)8-21-16(9-23)12-6-14(18)17(20)15(19)7-12/h2-7,16,21,23H,8-9H2,1H3,(H,22,24). The SMILES string of the molecule is CC(=O)Nc1ccc(CNC(CO)c2cc(F)c(F)c(F)c2)cc1. The zero-order chi connectivity index (χ0) is 17.7. The van der Waals surface area contributed by atoms with E-state index in [0.717, 1.165) is 17.7 Å². The molecule has 3 N–H and O–H groups in total.